The number of hydrogen-bond acceptors (Lipinski definition) is 7. The lowest BCUT2D eigenvalue weighted by Crippen LogP contribution is -2.44. The highest BCUT2D eigenvalue weighted by atomic mass is 19.1. The molecule has 0 bridgehead atoms. The number of aromatic nitrogens is 2. The van der Waals surface area contributed by atoms with Gasteiger partial charge in [-0.15, -0.1) is 0 Å². The van der Waals surface area contributed by atoms with Gasteiger partial charge in [-0.3, -0.25) is 4.79 Å². The number of carbonyl (C=O) groups is 1. The maximum atomic E-state index is 13.9. The Bertz CT molecular complexity index is 1090. The van der Waals surface area contributed by atoms with Gasteiger partial charge in [-0.05, 0) is 32.9 Å². The van der Waals surface area contributed by atoms with Crippen LogP contribution in [0, 0.1) is 17.1 Å². The van der Waals surface area contributed by atoms with Gasteiger partial charge in [0.15, 0.2) is 5.75 Å². The van der Waals surface area contributed by atoms with Crippen molar-refractivity contribution in [1.82, 2.24) is 14.7 Å². The number of ether oxygens (including phenoxy) is 2. The summed E-state index contributed by atoms with van der Waals surface area (Å²) >= 11 is 0. The molecule has 0 saturated carbocycles. The Morgan fingerprint density at radius 3 is 2.56 bits per heavy atom. The van der Waals surface area contributed by atoms with Crippen LogP contribution in [0.25, 0.3) is 5.69 Å². The molecule has 1 aliphatic heterocycles. The summed E-state index contributed by atoms with van der Waals surface area (Å²) in [5.74, 6) is -0.639. The predicted molar refractivity (Wildman–Crippen MR) is 112 cm³/mol. The summed E-state index contributed by atoms with van der Waals surface area (Å²) in [6, 6.07) is 6.57. The SMILES string of the molecule is CC(C)(C)OC(=O)N1CCC(Oc2cc(=O)n(-c3ccc(C#N)c(F)c3)nc2CO)CC1. The smallest absolute Gasteiger partial charge is 0.410 e. The second-order valence-electron chi connectivity index (χ2n) is 8.42. The van der Waals surface area contributed by atoms with Gasteiger partial charge >= 0.3 is 6.09 Å². The highest BCUT2D eigenvalue weighted by Crippen LogP contribution is 2.23. The van der Waals surface area contributed by atoms with Crippen LogP contribution in [0.15, 0.2) is 29.1 Å². The zero-order valence-corrected chi connectivity index (χ0v) is 18.2. The number of aliphatic hydroxyl groups excluding tert-OH is 1. The van der Waals surface area contributed by atoms with E-state index in [0.29, 0.717) is 25.9 Å². The number of nitrogens with zero attached hydrogens (tertiary/aromatic N) is 4. The molecule has 1 saturated heterocycles. The van der Waals surface area contributed by atoms with Crippen LogP contribution in [-0.4, -0.2) is 50.7 Å². The van der Waals surface area contributed by atoms with Crippen LogP contribution in [0.3, 0.4) is 0 Å². The normalized spacial score (nSPS) is 14.7. The average molecular weight is 444 g/mol. The summed E-state index contributed by atoms with van der Waals surface area (Å²) in [5.41, 5.74) is -1.06. The summed E-state index contributed by atoms with van der Waals surface area (Å²) in [7, 11) is 0. The number of likely N-dealkylation sites (tertiary alicyclic amines) is 1. The van der Waals surface area contributed by atoms with Crippen molar-refractivity contribution < 1.29 is 23.8 Å². The van der Waals surface area contributed by atoms with Gasteiger partial charge in [0.25, 0.3) is 5.56 Å². The van der Waals surface area contributed by atoms with Crippen molar-refractivity contribution in [3.05, 3.63) is 51.7 Å². The number of amides is 1. The van der Waals surface area contributed by atoms with Crippen molar-refractivity contribution in [2.45, 2.75) is 51.9 Å². The van der Waals surface area contributed by atoms with Crippen molar-refractivity contribution in [1.29, 1.82) is 5.26 Å². The Morgan fingerprint density at radius 2 is 2.00 bits per heavy atom. The van der Waals surface area contributed by atoms with E-state index in [1.54, 1.807) is 31.7 Å². The number of piperidine rings is 1. The van der Waals surface area contributed by atoms with Crippen LogP contribution < -0.4 is 10.3 Å². The van der Waals surface area contributed by atoms with Crippen LogP contribution in [0.4, 0.5) is 9.18 Å². The van der Waals surface area contributed by atoms with Gasteiger partial charge in [-0.25, -0.2) is 9.18 Å². The van der Waals surface area contributed by atoms with Crippen LogP contribution in [0.2, 0.25) is 0 Å². The number of halogens is 1. The van der Waals surface area contributed by atoms with Gasteiger partial charge in [0.2, 0.25) is 0 Å². The molecule has 0 radical (unpaired) electrons. The summed E-state index contributed by atoms with van der Waals surface area (Å²) in [5, 5.41) is 22.7. The lowest BCUT2D eigenvalue weighted by Gasteiger charge is -2.33. The van der Waals surface area contributed by atoms with Gasteiger partial charge in [-0.2, -0.15) is 15.0 Å². The highest BCUT2D eigenvalue weighted by Gasteiger charge is 2.28. The third kappa shape index (κ3) is 5.42. The fraction of sp³-hybridized carbons (Fsp3) is 0.455. The van der Waals surface area contributed by atoms with Crippen molar-refractivity contribution in [3.63, 3.8) is 0 Å². The third-order valence-electron chi connectivity index (χ3n) is 4.82. The van der Waals surface area contributed by atoms with E-state index in [1.807, 2.05) is 0 Å². The van der Waals surface area contributed by atoms with Crippen molar-refractivity contribution in [2.24, 2.45) is 0 Å². The Kier molecular flexibility index (Phi) is 6.79. The van der Waals surface area contributed by atoms with Gasteiger partial charge in [0.1, 0.15) is 29.3 Å². The molecule has 1 N–H and O–H groups in total. The number of hydrogen-bond donors (Lipinski definition) is 1. The molecule has 0 spiro atoms. The van der Waals surface area contributed by atoms with E-state index in [4.69, 9.17) is 14.7 Å². The lowest BCUT2D eigenvalue weighted by molar-refractivity contribution is 0.0124. The summed E-state index contributed by atoms with van der Waals surface area (Å²) in [4.78, 5) is 26.4. The molecule has 1 aliphatic rings. The van der Waals surface area contributed by atoms with Crippen molar-refractivity contribution >= 4 is 6.09 Å². The molecule has 3 rings (SSSR count). The minimum Gasteiger partial charge on any atom is -0.488 e. The second kappa shape index (κ2) is 9.36. The van der Waals surface area contributed by atoms with E-state index < -0.39 is 23.6 Å². The fourth-order valence-corrected chi connectivity index (χ4v) is 3.26. The minimum absolute atomic E-state index is 0.115. The summed E-state index contributed by atoms with van der Waals surface area (Å²) in [6.45, 7) is 5.78. The van der Waals surface area contributed by atoms with E-state index in [1.165, 1.54) is 18.2 Å². The maximum absolute atomic E-state index is 13.9. The highest BCUT2D eigenvalue weighted by molar-refractivity contribution is 5.68. The molecule has 2 heterocycles. The fourth-order valence-electron chi connectivity index (χ4n) is 3.26. The van der Waals surface area contributed by atoms with Gasteiger partial charge in [-0.1, -0.05) is 0 Å². The van der Waals surface area contributed by atoms with Gasteiger partial charge in [0, 0.05) is 38.1 Å². The quantitative estimate of drug-likeness (QED) is 0.770. The van der Waals surface area contributed by atoms with Crippen molar-refractivity contribution in [3.8, 4) is 17.5 Å². The first-order valence-corrected chi connectivity index (χ1v) is 10.2. The van der Waals surface area contributed by atoms with E-state index in [-0.39, 0.29) is 34.9 Å². The molecule has 1 aromatic carbocycles. The zero-order valence-electron chi connectivity index (χ0n) is 18.2. The Hall–Kier alpha value is -3.45. The Morgan fingerprint density at radius 1 is 1.31 bits per heavy atom. The first kappa shape index (κ1) is 23.2. The number of aliphatic hydroxyl groups is 1. The molecule has 32 heavy (non-hydrogen) atoms. The van der Waals surface area contributed by atoms with Crippen LogP contribution >= 0.6 is 0 Å². The number of rotatable bonds is 4. The largest absolute Gasteiger partial charge is 0.488 e. The summed E-state index contributed by atoms with van der Waals surface area (Å²) < 4.78 is 26.2. The molecule has 170 valence electrons. The molecule has 1 amide bonds. The van der Waals surface area contributed by atoms with Crippen LogP contribution in [0.5, 0.6) is 5.75 Å². The first-order chi connectivity index (χ1) is 15.1. The minimum atomic E-state index is -0.777. The molecule has 1 fully saturated rings. The van der Waals surface area contributed by atoms with Gasteiger partial charge < -0.3 is 19.5 Å². The molecule has 10 heteroatoms. The molecule has 1 aromatic heterocycles. The average Bonchev–Trinajstić information content (AvgIpc) is 2.73. The number of nitriles is 1. The second-order valence-corrected chi connectivity index (χ2v) is 8.42. The standard InChI is InChI=1S/C22H25FN4O5/c1-22(2,3)32-21(30)26-8-6-16(7-9-26)31-19-11-20(29)27(25-18(19)13-28)15-5-4-14(12-24)17(23)10-15/h4-5,10-11,16,28H,6-9,13H2,1-3H3. The van der Waals surface area contributed by atoms with E-state index in [2.05, 4.69) is 5.10 Å². The molecule has 0 unspecified atom stereocenters. The Balaban J connectivity index is 1.73. The number of carbonyl (C=O) groups excluding carboxylic acids is 1. The van der Waals surface area contributed by atoms with E-state index >= 15 is 0 Å². The molecule has 9 nitrogen and oxygen atoms in total. The Labute approximate surface area is 184 Å². The maximum Gasteiger partial charge on any atom is 0.410 e. The lowest BCUT2D eigenvalue weighted by atomic mass is 10.1. The van der Waals surface area contributed by atoms with E-state index in [0.717, 1.165) is 10.7 Å². The zero-order chi connectivity index (χ0) is 23.5. The summed E-state index contributed by atoms with van der Waals surface area (Å²) in [6.07, 6.45) is 0.386. The molecule has 0 aliphatic carbocycles. The molecular formula is C22H25FN4O5. The molecule has 2 aromatic rings. The third-order valence-corrected chi connectivity index (χ3v) is 4.82. The number of benzene rings is 1. The monoisotopic (exact) mass is 444 g/mol. The topological polar surface area (TPSA) is 118 Å². The van der Waals surface area contributed by atoms with Gasteiger partial charge in [0.05, 0.1) is 17.9 Å². The first-order valence-electron chi connectivity index (χ1n) is 10.2. The van der Waals surface area contributed by atoms with Crippen LogP contribution in [0.1, 0.15) is 44.9 Å². The van der Waals surface area contributed by atoms with E-state index in [9.17, 15) is 19.1 Å². The molecule has 0 atom stereocenters. The van der Waals surface area contributed by atoms with Crippen LogP contribution in [-0.2, 0) is 11.3 Å². The predicted octanol–water partition coefficient (Wildman–Crippen LogP) is 2.51. The molecular weight excluding hydrogens is 419 g/mol. The van der Waals surface area contributed by atoms with Crippen molar-refractivity contribution in [2.75, 3.05) is 13.1 Å².